The minimum absolute atomic E-state index is 0.0292. The maximum absolute atomic E-state index is 12.8. The van der Waals surface area contributed by atoms with Crippen LogP contribution in [0, 0.1) is 0 Å². The van der Waals surface area contributed by atoms with Crippen LogP contribution in [0.3, 0.4) is 0 Å². The third-order valence-corrected chi connectivity index (χ3v) is 6.07. The number of benzene rings is 4. The lowest BCUT2D eigenvalue weighted by molar-refractivity contribution is -0.137. The summed E-state index contributed by atoms with van der Waals surface area (Å²) in [5.41, 5.74) is 4.56. The molecule has 1 unspecified atom stereocenters. The van der Waals surface area contributed by atoms with E-state index in [0.717, 1.165) is 22.3 Å². The predicted octanol–water partition coefficient (Wildman–Crippen LogP) is 5.54. The van der Waals surface area contributed by atoms with Crippen LogP contribution < -0.4 is 16.0 Å². The summed E-state index contributed by atoms with van der Waals surface area (Å²) in [6, 6.07) is 33.1. The quantitative estimate of drug-likeness (QED) is 0.226. The highest BCUT2D eigenvalue weighted by Crippen LogP contribution is 2.28. The number of hydrogen-bond acceptors (Lipinski definition) is 3. The fraction of sp³-hybridized carbons (Fsp3) is 0.129. The van der Waals surface area contributed by atoms with E-state index in [2.05, 4.69) is 16.0 Å². The summed E-state index contributed by atoms with van der Waals surface area (Å²) in [4.78, 5) is 36.6. The molecule has 0 spiro atoms. The van der Waals surface area contributed by atoms with E-state index in [-0.39, 0.29) is 30.8 Å². The molecule has 0 bridgehead atoms. The summed E-state index contributed by atoms with van der Waals surface area (Å²) in [6.45, 7) is 0.667. The number of rotatable bonds is 10. The number of carboxylic acids is 1. The molecule has 0 aliphatic rings. The van der Waals surface area contributed by atoms with E-state index in [1.54, 1.807) is 24.3 Å². The molecule has 1 atom stereocenters. The fourth-order valence-electron chi connectivity index (χ4n) is 4.18. The maximum Gasteiger partial charge on any atom is 0.319 e. The van der Waals surface area contributed by atoms with E-state index in [1.165, 1.54) is 0 Å². The topological polar surface area (TPSA) is 108 Å². The van der Waals surface area contributed by atoms with Crippen molar-refractivity contribution in [1.82, 2.24) is 10.6 Å². The first kappa shape index (κ1) is 26.2. The molecule has 0 fully saturated rings. The Bertz CT molecular complexity index is 1390. The van der Waals surface area contributed by atoms with Gasteiger partial charge in [0.15, 0.2) is 0 Å². The Morgan fingerprint density at radius 2 is 1.29 bits per heavy atom. The Morgan fingerprint density at radius 1 is 0.658 bits per heavy atom. The zero-order chi connectivity index (χ0) is 26.7. The van der Waals surface area contributed by atoms with Gasteiger partial charge in [0.25, 0.3) is 5.91 Å². The first-order chi connectivity index (χ1) is 18.5. The van der Waals surface area contributed by atoms with Gasteiger partial charge in [-0.15, -0.1) is 0 Å². The number of nitrogens with one attached hydrogen (secondary N) is 3. The molecule has 0 aliphatic heterocycles. The van der Waals surface area contributed by atoms with Gasteiger partial charge in [0.1, 0.15) is 0 Å². The molecular formula is C31H29N3O4. The van der Waals surface area contributed by atoms with Crippen LogP contribution in [0.1, 0.15) is 45.0 Å². The summed E-state index contributed by atoms with van der Waals surface area (Å²) in [5.74, 6) is -1.45. The molecule has 192 valence electrons. The van der Waals surface area contributed by atoms with E-state index in [0.29, 0.717) is 17.8 Å². The van der Waals surface area contributed by atoms with Gasteiger partial charge in [-0.25, -0.2) is 4.79 Å². The number of urea groups is 1. The second-order valence-corrected chi connectivity index (χ2v) is 8.86. The smallest absolute Gasteiger partial charge is 0.319 e. The minimum atomic E-state index is -0.875. The predicted molar refractivity (Wildman–Crippen MR) is 147 cm³/mol. The van der Waals surface area contributed by atoms with Crippen molar-refractivity contribution >= 4 is 23.6 Å². The third kappa shape index (κ3) is 7.54. The fourth-order valence-corrected chi connectivity index (χ4v) is 4.18. The SMILES string of the molecule is O=C(O)CC(c1ccccc1)c1cccc(CNC(=O)c2cccc(NC(=O)NCc3ccccc3)c2)c1. The number of carbonyl (C=O) groups is 3. The number of aliphatic carboxylic acids is 1. The van der Waals surface area contributed by atoms with Gasteiger partial charge in [0.2, 0.25) is 0 Å². The van der Waals surface area contributed by atoms with Crippen molar-refractivity contribution < 1.29 is 19.5 Å². The molecule has 0 radical (unpaired) electrons. The Balaban J connectivity index is 1.37. The van der Waals surface area contributed by atoms with Crippen molar-refractivity contribution in [3.8, 4) is 0 Å². The monoisotopic (exact) mass is 507 g/mol. The van der Waals surface area contributed by atoms with Crippen molar-refractivity contribution in [1.29, 1.82) is 0 Å². The second kappa shape index (κ2) is 12.9. The number of anilines is 1. The number of hydrogen-bond donors (Lipinski definition) is 4. The highest BCUT2D eigenvalue weighted by Gasteiger charge is 2.18. The summed E-state index contributed by atoms with van der Waals surface area (Å²) in [5, 5.41) is 17.9. The molecule has 0 heterocycles. The Labute approximate surface area is 221 Å². The zero-order valence-corrected chi connectivity index (χ0v) is 20.8. The molecule has 4 aromatic rings. The van der Waals surface area contributed by atoms with E-state index in [9.17, 15) is 19.5 Å². The first-order valence-electron chi connectivity index (χ1n) is 12.3. The molecule has 0 aromatic heterocycles. The summed E-state index contributed by atoms with van der Waals surface area (Å²) in [7, 11) is 0. The molecule has 38 heavy (non-hydrogen) atoms. The molecule has 4 aromatic carbocycles. The van der Waals surface area contributed by atoms with Crippen molar-refractivity contribution in [2.75, 3.05) is 5.32 Å². The minimum Gasteiger partial charge on any atom is -0.481 e. The molecule has 0 aliphatic carbocycles. The van der Waals surface area contributed by atoms with Crippen LogP contribution in [0.25, 0.3) is 0 Å². The van der Waals surface area contributed by atoms with Crippen molar-refractivity contribution in [3.05, 3.63) is 137 Å². The van der Waals surface area contributed by atoms with Crippen molar-refractivity contribution in [3.63, 3.8) is 0 Å². The highest BCUT2D eigenvalue weighted by molar-refractivity contribution is 5.96. The van der Waals surface area contributed by atoms with Gasteiger partial charge in [-0.05, 0) is 40.5 Å². The maximum atomic E-state index is 12.8. The highest BCUT2D eigenvalue weighted by atomic mass is 16.4. The molecule has 7 heteroatoms. The van der Waals surface area contributed by atoms with Crippen LogP contribution in [0.5, 0.6) is 0 Å². The van der Waals surface area contributed by atoms with Gasteiger partial charge in [-0.1, -0.05) is 91.0 Å². The summed E-state index contributed by atoms with van der Waals surface area (Å²) < 4.78 is 0. The van der Waals surface area contributed by atoms with Crippen LogP contribution >= 0.6 is 0 Å². The Hall–Kier alpha value is -4.91. The molecule has 0 saturated carbocycles. The van der Waals surface area contributed by atoms with Crippen molar-refractivity contribution in [2.24, 2.45) is 0 Å². The van der Waals surface area contributed by atoms with Gasteiger partial charge >= 0.3 is 12.0 Å². The average molecular weight is 508 g/mol. The van der Waals surface area contributed by atoms with E-state index in [1.807, 2.05) is 84.9 Å². The standard InChI is InChI=1S/C31H29N3O4/c35-29(36)19-28(24-12-5-2-6-13-24)25-14-7-11-23(17-25)21-32-30(37)26-15-8-16-27(18-26)34-31(38)33-20-22-9-3-1-4-10-22/h1-18,28H,19-21H2,(H,32,37)(H,35,36)(H2,33,34,38). The third-order valence-electron chi connectivity index (χ3n) is 6.07. The molecule has 0 saturated heterocycles. The van der Waals surface area contributed by atoms with Crippen LogP contribution in [-0.2, 0) is 17.9 Å². The molecule has 3 amide bonds. The molecule has 7 nitrogen and oxygen atoms in total. The lowest BCUT2D eigenvalue weighted by Crippen LogP contribution is -2.28. The largest absolute Gasteiger partial charge is 0.481 e. The molecule has 4 N–H and O–H groups in total. The Morgan fingerprint density at radius 3 is 2.03 bits per heavy atom. The number of carbonyl (C=O) groups excluding carboxylic acids is 2. The number of carboxylic acid groups (broad SMARTS) is 1. The Kier molecular flexibility index (Phi) is 8.86. The van der Waals surface area contributed by atoms with Gasteiger partial charge < -0.3 is 21.1 Å². The normalized spacial score (nSPS) is 11.3. The van der Waals surface area contributed by atoms with Crippen LogP contribution in [0.4, 0.5) is 10.5 Å². The van der Waals surface area contributed by atoms with Crippen LogP contribution in [0.2, 0.25) is 0 Å². The summed E-state index contributed by atoms with van der Waals surface area (Å²) >= 11 is 0. The molecule has 4 rings (SSSR count). The zero-order valence-electron chi connectivity index (χ0n) is 20.8. The van der Waals surface area contributed by atoms with Crippen molar-refractivity contribution in [2.45, 2.75) is 25.4 Å². The van der Waals surface area contributed by atoms with E-state index in [4.69, 9.17) is 0 Å². The van der Waals surface area contributed by atoms with Gasteiger partial charge in [-0.2, -0.15) is 0 Å². The lowest BCUT2D eigenvalue weighted by atomic mass is 9.88. The average Bonchev–Trinajstić information content (AvgIpc) is 2.95. The van der Waals surface area contributed by atoms with Gasteiger partial charge in [-0.3, -0.25) is 9.59 Å². The van der Waals surface area contributed by atoms with Crippen LogP contribution in [0.15, 0.2) is 109 Å². The van der Waals surface area contributed by atoms with Gasteiger partial charge in [0, 0.05) is 30.3 Å². The lowest BCUT2D eigenvalue weighted by Gasteiger charge is -2.17. The van der Waals surface area contributed by atoms with Gasteiger partial charge in [0.05, 0.1) is 6.42 Å². The number of amides is 3. The molecular weight excluding hydrogens is 478 g/mol. The van der Waals surface area contributed by atoms with E-state index < -0.39 is 5.97 Å². The van der Waals surface area contributed by atoms with E-state index >= 15 is 0 Å². The summed E-state index contributed by atoms with van der Waals surface area (Å²) in [6.07, 6.45) is -0.0292. The van der Waals surface area contributed by atoms with Crippen LogP contribution in [-0.4, -0.2) is 23.0 Å². The second-order valence-electron chi connectivity index (χ2n) is 8.86. The first-order valence-corrected chi connectivity index (χ1v) is 12.3.